The van der Waals surface area contributed by atoms with E-state index in [1.165, 1.54) is 11.6 Å². The number of nitrogens with zero attached hydrogens (tertiary/aromatic N) is 1. The second kappa shape index (κ2) is 6.10. The topological polar surface area (TPSA) is 17.0 Å². The first-order valence-corrected chi connectivity index (χ1v) is 7.46. The van der Waals surface area contributed by atoms with Gasteiger partial charge in [-0.25, -0.2) is 4.39 Å². The number of halogens is 2. The average molecular weight is 339 g/mol. The highest BCUT2D eigenvalue weighted by molar-refractivity contribution is 9.10. The number of nitrogens with one attached hydrogen (secondary N) is 1. The smallest absolute Gasteiger partial charge is 0.129 e. The van der Waals surface area contributed by atoms with Gasteiger partial charge in [-0.15, -0.1) is 0 Å². The molecule has 1 aromatic carbocycles. The quantitative estimate of drug-likeness (QED) is 0.878. The van der Waals surface area contributed by atoms with Crippen molar-refractivity contribution in [3.05, 3.63) is 58.1 Å². The molecule has 0 radical (unpaired) electrons. The third-order valence-corrected chi connectivity index (χ3v) is 3.50. The lowest BCUT2D eigenvalue weighted by atomic mass is 10.1. The van der Waals surface area contributed by atoms with Crippen LogP contribution in [0, 0.1) is 5.82 Å². The van der Waals surface area contributed by atoms with Crippen LogP contribution in [0.2, 0.25) is 0 Å². The highest BCUT2D eigenvalue weighted by Gasteiger charge is 2.09. The number of benzene rings is 1. The van der Waals surface area contributed by atoms with Gasteiger partial charge < -0.3 is 9.88 Å². The monoisotopic (exact) mass is 338 g/mol. The predicted octanol–water partition coefficient (Wildman–Crippen LogP) is 4.33. The maximum atomic E-state index is 13.8. The minimum atomic E-state index is -0.178. The van der Waals surface area contributed by atoms with Crippen LogP contribution >= 0.6 is 15.9 Å². The van der Waals surface area contributed by atoms with Gasteiger partial charge in [0.1, 0.15) is 5.82 Å². The molecule has 0 spiro atoms. The summed E-state index contributed by atoms with van der Waals surface area (Å²) in [6, 6.07) is 7.24. The Kier molecular flexibility index (Phi) is 4.66. The van der Waals surface area contributed by atoms with E-state index in [9.17, 15) is 4.39 Å². The number of rotatable bonds is 4. The molecule has 1 heterocycles. The molecule has 0 saturated heterocycles. The Hall–Kier alpha value is -1.13. The fourth-order valence-electron chi connectivity index (χ4n) is 1.91. The minimum absolute atomic E-state index is 0.0971. The van der Waals surface area contributed by atoms with E-state index in [2.05, 4.69) is 54.3 Å². The molecule has 108 valence electrons. The van der Waals surface area contributed by atoms with Crippen molar-refractivity contribution in [1.29, 1.82) is 0 Å². The SMILES string of the molecule is CC(C)(C)NCc1ccn(Cc2ccc(Br)cc2F)c1. The Morgan fingerprint density at radius 1 is 1.25 bits per heavy atom. The van der Waals surface area contributed by atoms with Gasteiger partial charge in [0.25, 0.3) is 0 Å². The molecule has 0 unspecified atom stereocenters. The molecule has 20 heavy (non-hydrogen) atoms. The van der Waals surface area contributed by atoms with Gasteiger partial charge in [0.15, 0.2) is 0 Å². The average Bonchev–Trinajstić information content (AvgIpc) is 2.77. The Morgan fingerprint density at radius 2 is 2.00 bits per heavy atom. The highest BCUT2D eigenvalue weighted by atomic mass is 79.9. The van der Waals surface area contributed by atoms with Gasteiger partial charge in [0.2, 0.25) is 0 Å². The summed E-state index contributed by atoms with van der Waals surface area (Å²) >= 11 is 3.27. The van der Waals surface area contributed by atoms with Gasteiger partial charge in [-0.2, -0.15) is 0 Å². The maximum absolute atomic E-state index is 13.8. The molecule has 0 saturated carbocycles. The molecule has 0 aliphatic heterocycles. The highest BCUT2D eigenvalue weighted by Crippen LogP contribution is 2.17. The third-order valence-electron chi connectivity index (χ3n) is 3.00. The third kappa shape index (κ3) is 4.46. The fourth-order valence-corrected chi connectivity index (χ4v) is 2.24. The van der Waals surface area contributed by atoms with Crippen molar-refractivity contribution in [2.24, 2.45) is 0 Å². The second-order valence-electron chi connectivity index (χ2n) is 6.03. The molecule has 0 bridgehead atoms. The first kappa shape index (κ1) is 15.3. The molecule has 2 aromatic rings. The molecule has 1 N–H and O–H groups in total. The Morgan fingerprint density at radius 3 is 2.65 bits per heavy atom. The van der Waals surface area contributed by atoms with Crippen LogP contribution < -0.4 is 5.32 Å². The van der Waals surface area contributed by atoms with Crippen molar-refractivity contribution < 1.29 is 4.39 Å². The molecule has 0 amide bonds. The van der Waals surface area contributed by atoms with E-state index in [-0.39, 0.29) is 11.4 Å². The van der Waals surface area contributed by atoms with Gasteiger partial charge in [0, 0.05) is 41.1 Å². The van der Waals surface area contributed by atoms with Gasteiger partial charge in [-0.1, -0.05) is 22.0 Å². The Labute approximate surface area is 128 Å². The summed E-state index contributed by atoms with van der Waals surface area (Å²) in [5, 5.41) is 3.44. The molecule has 1 aromatic heterocycles. The first-order chi connectivity index (χ1) is 9.33. The summed E-state index contributed by atoms with van der Waals surface area (Å²) in [5.74, 6) is -0.178. The van der Waals surface area contributed by atoms with Crippen LogP contribution in [-0.2, 0) is 13.1 Å². The summed E-state index contributed by atoms with van der Waals surface area (Å²) in [6.07, 6.45) is 4.04. The predicted molar refractivity (Wildman–Crippen MR) is 84.2 cm³/mol. The van der Waals surface area contributed by atoms with Crippen LogP contribution in [0.1, 0.15) is 31.9 Å². The number of aromatic nitrogens is 1. The van der Waals surface area contributed by atoms with E-state index in [1.54, 1.807) is 0 Å². The zero-order valence-corrected chi connectivity index (χ0v) is 13.7. The summed E-state index contributed by atoms with van der Waals surface area (Å²) in [4.78, 5) is 0. The molecule has 0 aliphatic carbocycles. The van der Waals surface area contributed by atoms with Crippen LogP contribution in [0.5, 0.6) is 0 Å². The van der Waals surface area contributed by atoms with Crippen molar-refractivity contribution in [1.82, 2.24) is 9.88 Å². The normalized spacial score (nSPS) is 11.8. The Bertz CT molecular complexity index is 584. The summed E-state index contributed by atoms with van der Waals surface area (Å²) in [6.45, 7) is 7.79. The van der Waals surface area contributed by atoms with Crippen LogP contribution in [-0.4, -0.2) is 10.1 Å². The van der Waals surface area contributed by atoms with Crippen LogP contribution in [0.4, 0.5) is 4.39 Å². The van der Waals surface area contributed by atoms with Crippen molar-refractivity contribution >= 4 is 15.9 Å². The molecule has 2 nitrogen and oxygen atoms in total. The van der Waals surface area contributed by atoms with E-state index in [4.69, 9.17) is 0 Å². The van der Waals surface area contributed by atoms with E-state index in [0.29, 0.717) is 12.1 Å². The summed E-state index contributed by atoms with van der Waals surface area (Å²) in [5.41, 5.74) is 2.00. The fraction of sp³-hybridized carbons (Fsp3) is 0.375. The standard InChI is InChI=1S/C16H20BrFN2/c1-16(2,3)19-9-12-6-7-20(10-12)11-13-4-5-14(17)8-15(13)18/h4-8,10,19H,9,11H2,1-3H3. The summed E-state index contributed by atoms with van der Waals surface area (Å²) in [7, 11) is 0. The first-order valence-electron chi connectivity index (χ1n) is 6.67. The van der Waals surface area contributed by atoms with Crippen LogP contribution in [0.3, 0.4) is 0 Å². The number of hydrogen-bond donors (Lipinski definition) is 1. The van der Waals surface area contributed by atoms with Gasteiger partial charge >= 0.3 is 0 Å². The molecule has 0 aliphatic rings. The van der Waals surface area contributed by atoms with E-state index in [1.807, 2.05) is 22.9 Å². The van der Waals surface area contributed by atoms with Crippen molar-refractivity contribution in [2.45, 2.75) is 39.4 Å². The number of hydrogen-bond acceptors (Lipinski definition) is 1. The van der Waals surface area contributed by atoms with Crippen molar-refractivity contribution in [3.8, 4) is 0 Å². The van der Waals surface area contributed by atoms with E-state index >= 15 is 0 Å². The lowest BCUT2D eigenvalue weighted by Crippen LogP contribution is -2.34. The van der Waals surface area contributed by atoms with Crippen LogP contribution in [0.15, 0.2) is 41.1 Å². The van der Waals surface area contributed by atoms with Gasteiger partial charge in [0.05, 0.1) is 0 Å². The maximum Gasteiger partial charge on any atom is 0.129 e. The zero-order chi connectivity index (χ0) is 14.8. The van der Waals surface area contributed by atoms with Crippen molar-refractivity contribution in [2.75, 3.05) is 0 Å². The second-order valence-corrected chi connectivity index (χ2v) is 6.95. The molecule has 4 heteroatoms. The minimum Gasteiger partial charge on any atom is -0.349 e. The Balaban J connectivity index is 2.02. The molecule has 2 rings (SSSR count). The van der Waals surface area contributed by atoms with Gasteiger partial charge in [-0.05, 0) is 44.5 Å². The van der Waals surface area contributed by atoms with Crippen molar-refractivity contribution in [3.63, 3.8) is 0 Å². The van der Waals surface area contributed by atoms with E-state index in [0.717, 1.165) is 11.0 Å². The summed E-state index contributed by atoms with van der Waals surface area (Å²) < 4.78 is 16.6. The molecular weight excluding hydrogens is 319 g/mol. The molecule has 0 fully saturated rings. The lowest BCUT2D eigenvalue weighted by Gasteiger charge is -2.19. The van der Waals surface area contributed by atoms with Crippen LogP contribution in [0.25, 0.3) is 0 Å². The lowest BCUT2D eigenvalue weighted by molar-refractivity contribution is 0.424. The van der Waals surface area contributed by atoms with E-state index < -0.39 is 0 Å². The largest absolute Gasteiger partial charge is 0.349 e. The molecular formula is C16H20BrFN2. The zero-order valence-electron chi connectivity index (χ0n) is 12.1. The van der Waals surface area contributed by atoms with Gasteiger partial charge in [-0.3, -0.25) is 0 Å². The molecule has 0 atom stereocenters.